The topological polar surface area (TPSA) is 131 Å². The number of aliphatic carboxylic acids is 1. The standard InChI is InChI=1S/C25H30N2O7/c1-3-33-21(28)14-17(2)22(24(30)31)27-23(29)20(15-18-10-6-4-7-11-18)26-25(32)34-16-19-12-8-5-9-13-19/h4-13,17,20,22H,3,14-16H2,1-2H3,(H,26,32)(H,27,29)(H,30,31)/t17-,20-,22-/m0/s1. The maximum Gasteiger partial charge on any atom is 0.408 e. The normalized spacial score (nSPS) is 13.1. The number of carboxylic acid groups (broad SMARTS) is 1. The summed E-state index contributed by atoms with van der Waals surface area (Å²) in [4.78, 5) is 49.0. The van der Waals surface area contributed by atoms with Gasteiger partial charge in [0.2, 0.25) is 5.91 Å². The number of hydrogen-bond donors (Lipinski definition) is 3. The minimum Gasteiger partial charge on any atom is -0.480 e. The highest BCUT2D eigenvalue weighted by atomic mass is 16.5. The maximum absolute atomic E-state index is 13.0. The number of esters is 1. The Hall–Kier alpha value is -3.88. The molecule has 0 saturated carbocycles. The first-order valence-corrected chi connectivity index (χ1v) is 11.0. The number of carboxylic acids is 1. The first-order chi connectivity index (χ1) is 16.3. The van der Waals surface area contributed by atoms with E-state index in [1.54, 1.807) is 43.3 Å². The average Bonchev–Trinajstić information content (AvgIpc) is 2.81. The predicted octanol–water partition coefficient (Wildman–Crippen LogP) is 2.68. The van der Waals surface area contributed by atoms with Crippen LogP contribution < -0.4 is 10.6 Å². The molecule has 0 spiro atoms. The highest BCUT2D eigenvalue weighted by molar-refractivity contribution is 5.89. The first-order valence-electron chi connectivity index (χ1n) is 11.0. The molecule has 0 aliphatic carbocycles. The van der Waals surface area contributed by atoms with Gasteiger partial charge in [0.15, 0.2) is 0 Å². The number of alkyl carbamates (subject to hydrolysis) is 1. The summed E-state index contributed by atoms with van der Waals surface area (Å²) < 4.78 is 10.1. The molecule has 3 N–H and O–H groups in total. The summed E-state index contributed by atoms with van der Waals surface area (Å²) in [7, 11) is 0. The highest BCUT2D eigenvalue weighted by Crippen LogP contribution is 2.12. The van der Waals surface area contributed by atoms with Crippen molar-refractivity contribution in [1.29, 1.82) is 0 Å². The molecule has 0 fully saturated rings. The van der Waals surface area contributed by atoms with E-state index in [9.17, 15) is 24.3 Å². The van der Waals surface area contributed by atoms with Crippen LogP contribution in [0.2, 0.25) is 0 Å². The number of carbonyl (C=O) groups excluding carboxylic acids is 3. The second-order valence-electron chi connectivity index (χ2n) is 7.76. The Bertz CT molecular complexity index is 950. The summed E-state index contributed by atoms with van der Waals surface area (Å²) in [6, 6.07) is 15.6. The van der Waals surface area contributed by atoms with E-state index in [0.717, 1.165) is 11.1 Å². The average molecular weight is 471 g/mol. The van der Waals surface area contributed by atoms with Gasteiger partial charge in [0.1, 0.15) is 18.7 Å². The zero-order valence-corrected chi connectivity index (χ0v) is 19.2. The van der Waals surface area contributed by atoms with Crippen molar-refractivity contribution in [2.24, 2.45) is 5.92 Å². The van der Waals surface area contributed by atoms with Crippen molar-refractivity contribution in [3.8, 4) is 0 Å². The van der Waals surface area contributed by atoms with E-state index >= 15 is 0 Å². The van der Waals surface area contributed by atoms with Gasteiger partial charge < -0.3 is 25.2 Å². The molecule has 0 radical (unpaired) electrons. The van der Waals surface area contributed by atoms with Gasteiger partial charge in [-0.3, -0.25) is 9.59 Å². The van der Waals surface area contributed by atoms with E-state index in [0.29, 0.717) is 0 Å². The van der Waals surface area contributed by atoms with Crippen LogP contribution in [0.15, 0.2) is 60.7 Å². The van der Waals surface area contributed by atoms with Crippen molar-refractivity contribution < 1.29 is 33.8 Å². The summed E-state index contributed by atoms with van der Waals surface area (Å²) in [5.74, 6) is -3.29. The van der Waals surface area contributed by atoms with E-state index in [1.165, 1.54) is 6.92 Å². The third kappa shape index (κ3) is 8.93. The zero-order chi connectivity index (χ0) is 24.9. The van der Waals surface area contributed by atoms with Crippen LogP contribution in [-0.4, -0.2) is 47.7 Å². The number of benzene rings is 2. The van der Waals surface area contributed by atoms with Crippen LogP contribution in [0.1, 0.15) is 31.4 Å². The van der Waals surface area contributed by atoms with Crippen molar-refractivity contribution in [3.05, 3.63) is 71.8 Å². The molecule has 0 unspecified atom stereocenters. The van der Waals surface area contributed by atoms with E-state index in [1.807, 2.05) is 24.3 Å². The molecular weight excluding hydrogens is 440 g/mol. The van der Waals surface area contributed by atoms with Crippen LogP contribution in [0.25, 0.3) is 0 Å². The lowest BCUT2D eigenvalue weighted by molar-refractivity contribution is -0.147. The molecule has 182 valence electrons. The predicted molar refractivity (Wildman–Crippen MR) is 124 cm³/mol. The smallest absolute Gasteiger partial charge is 0.408 e. The minimum atomic E-state index is -1.35. The molecule has 0 aromatic heterocycles. The molecule has 2 aromatic rings. The molecule has 9 nitrogen and oxygen atoms in total. The quantitative estimate of drug-likeness (QED) is 0.407. The fraction of sp³-hybridized carbons (Fsp3) is 0.360. The number of amides is 2. The SMILES string of the molecule is CCOC(=O)C[C@H](C)[C@H](NC(=O)[C@H](Cc1ccccc1)NC(=O)OCc1ccccc1)C(=O)O. The largest absolute Gasteiger partial charge is 0.480 e. The molecule has 2 amide bonds. The molecule has 0 aliphatic rings. The second kappa shape index (κ2) is 13.6. The number of rotatable bonds is 12. The Morgan fingerprint density at radius 2 is 1.47 bits per heavy atom. The lowest BCUT2D eigenvalue weighted by Crippen LogP contribution is -2.54. The van der Waals surface area contributed by atoms with E-state index in [4.69, 9.17) is 9.47 Å². The lowest BCUT2D eigenvalue weighted by Gasteiger charge is -2.24. The van der Waals surface area contributed by atoms with Gasteiger partial charge in [-0.1, -0.05) is 67.6 Å². The van der Waals surface area contributed by atoms with E-state index in [-0.39, 0.29) is 26.1 Å². The Morgan fingerprint density at radius 3 is 2.03 bits per heavy atom. The Labute approximate surface area is 198 Å². The van der Waals surface area contributed by atoms with Gasteiger partial charge in [0.25, 0.3) is 0 Å². The Balaban J connectivity index is 2.09. The van der Waals surface area contributed by atoms with Crippen molar-refractivity contribution >= 4 is 23.9 Å². The molecule has 2 aromatic carbocycles. The number of hydrogen-bond acceptors (Lipinski definition) is 6. The van der Waals surface area contributed by atoms with Crippen LogP contribution in [0.4, 0.5) is 4.79 Å². The van der Waals surface area contributed by atoms with E-state index in [2.05, 4.69) is 10.6 Å². The van der Waals surface area contributed by atoms with Gasteiger partial charge in [0, 0.05) is 6.42 Å². The van der Waals surface area contributed by atoms with Crippen LogP contribution >= 0.6 is 0 Å². The number of carbonyl (C=O) groups is 4. The van der Waals surface area contributed by atoms with Crippen molar-refractivity contribution in [2.75, 3.05) is 6.61 Å². The molecular formula is C25H30N2O7. The van der Waals surface area contributed by atoms with Crippen molar-refractivity contribution in [2.45, 2.75) is 45.4 Å². The first kappa shape index (κ1) is 26.4. The van der Waals surface area contributed by atoms with Gasteiger partial charge in [-0.05, 0) is 24.0 Å². The fourth-order valence-corrected chi connectivity index (χ4v) is 3.27. The van der Waals surface area contributed by atoms with Gasteiger partial charge in [-0.25, -0.2) is 9.59 Å². The van der Waals surface area contributed by atoms with Gasteiger partial charge in [-0.2, -0.15) is 0 Å². The molecule has 0 bridgehead atoms. The molecule has 0 heterocycles. The molecule has 3 atom stereocenters. The summed E-state index contributed by atoms with van der Waals surface area (Å²) in [6.45, 7) is 3.37. The second-order valence-corrected chi connectivity index (χ2v) is 7.76. The van der Waals surface area contributed by atoms with Gasteiger partial charge in [0.05, 0.1) is 13.0 Å². The molecule has 34 heavy (non-hydrogen) atoms. The minimum absolute atomic E-state index is 0.0146. The van der Waals surface area contributed by atoms with Gasteiger partial charge in [-0.15, -0.1) is 0 Å². The fourth-order valence-electron chi connectivity index (χ4n) is 3.27. The number of nitrogens with one attached hydrogen (secondary N) is 2. The summed E-state index contributed by atoms with van der Waals surface area (Å²) >= 11 is 0. The summed E-state index contributed by atoms with van der Waals surface area (Å²) in [5.41, 5.74) is 1.54. The van der Waals surface area contributed by atoms with Gasteiger partial charge >= 0.3 is 18.0 Å². The van der Waals surface area contributed by atoms with Crippen molar-refractivity contribution in [3.63, 3.8) is 0 Å². The molecule has 2 rings (SSSR count). The Morgan fingerprint density at radius 1 is 0.882 bits per heavy atom. The summed E-state index contributed by atoms with van der Waals surface area (Å²) in [5, 5.41) is 14.6. The van der Waals surface area contributed by atoms with Crippen LogP contribution in [-0.2, 0) is 36.9 Å². The lowest BCUT2D eigenvalue weighted by atomic mass is 9.97. The molecule has 0 saturated heterocycles. The third-order valence-corrected chi connectivity index (χ3v) is 5.03. The number of ether oxygens (including phenoxy) is 2. The Kier molecular flexibility index (Phi) is 10.6. The van der Waals surface area contributed by atoms with Crippen LogP contribution in [0.5, 0.6) is 0 Å². The van der Waals surface area contributed by atoms with Crippen LogP contribution in [0, 0.1) is 5.92 Å². The maximum atomic E-state index is 13.0. The highest BCUT2D eigenvalue weighted by Gasteiger charge is 2.32. The summed E-state index contributed by atoms with van der Waals surface area (Å²) in [6.07, 6.45) is -0.876. The molecule has 0 aliphatic heterocycles. The zero-order valence-electron chi connectivity index (χ0n) is 19.2. The third-order valence-electron chi connectivity index (χ3n) is 5.03. The van der Waals surface area contributed by atoms with E-state index < -0.39 is 41.9 Å². The van der Waals surface area contributed by atoms with Crippen LogP contribution in [0.3, 0.4) is 0 Å². The molecule has 9 heteroatoms. The van der Waals surface area contributed by atoms with Crippen molar-refractivity contribution in [1.82, 2.24) is 10.6 Å². The monoisotopic (exact) mass is 470 g/mol.